The van der Waals surface area contributed by atoms with Crippen LogP contribution in [-0.4, -0.2) is 28.7 Å². The van der Waals surface area contributed by atoms with Gasteiger partial charge in [0.1, 0.15) is 11.9 Å². The highest BCUT2D eigenvalue weighted by atomic mass is 16.5. The van der Waals surface area contributed by atoms with Crippen LogP contribution in [0.5, 0.6) is 5.75 Å². The predicted octanol–water partition coefficient (Wildman–Crippen LogP) is 0.570. The van der Waals surface area contributed by atoms with Crippen LogP contribution in [0, 0.1) is 11.3 Å². The molecule has 2 unspecified atom stereocenters. The summed E-state index contributed by atoms with van der Waals surface area (Å²) in [4.78, 5) is 11.6. The Morgan fingerprint density at radius 2 is 2.18 bits per heavy atom. The highest BCUT2D eigenvalue weighted by Gasteiger charge is 2.23. The fraction of sp³-hybridized carbons (Fsp3) is 0.333. The molecule has 0 fully saturated rings. The number of fused-ring (bicyclic) bond motifs is 1. The lowest BCUT2D eigenvalue weighted by molar-refractivity contribution is 0.0526. The number of nitriles is 1. The minimum atomic E-state index is -1.51. The third kappa shape index (κ3) is 2.13. The maximum Gasteiger partial charge on any atom is 0.170 e. The zero-order valence-corrected chi connectivity index (χ0v) is 8.96. The molecule has 0 saturated heterocycles. The van der Waals surface area contributed by atoms with E-state index < -0.39 is 12.2 Å². The van der Waals surface area contributed by atoms with Gasteiger partial charge in [-0.1, -0.05) is 6.07 Å². The van der Waals surface area contributed by atoms with Crippen molar-refractivity contribution in [3.8, 4) is 11.8 Å². The summed E-state index contributed by atoms with van der Waals surface area (Å²) in [6.07, 6.45) is -2.53. The molecular formula is C12H11NO4. The van der Waals surface area contributed by atoms with E-state index in [1.807, 2.05) is 0 Å². The van der Waals surface area contributed by atoms with Crippen molar-refractivity contribution in [1.82, 2.24) is 0 Å². The first-order valence-corrected chi connectivity index (χ1v) is 5.19. The van der Waals surface area contributed by atoms with Crippen molar-refractivity contribution in [3.63, 3.8) is 0 Å². The Bertz CT molecular complexity index is 492. The molecule has 2 N–H and O–H groups in total. The number of ketones is 1. The molecule has 0 spiro atoms. The van der Waals surface area contributed by atoms with Crippen LogP contribution in [0.2, 0.25) is 0 Å². The average Bonchev–Trinajstić information content (AvgIpc) is 2.37. The van der Waals surface area contributed by atoms with Gasteiger partial charge in [0.2, 0.25) is 0 Å². The van der Waals surface area contributed by atoms with E-state index in [-0.39, 0.29) is 5.78 Å². The van der Waals surface area contributed by atoms with E-state index in [1.54, 1.807) is 12.1 Å². The Kier molecular flexibility index (Phi) is 3.09. The van der Waals surface area contributed by atoms with Gasteiger partial charge in [-0.05, 0) is 17.7 Å². The quantitative estimate of drug-likeness (QED) is 0.729. The number of benzene rings is 1. The number of hydrogen-bond acceptors (Lipinski definition) is 5. The van der Waals surface area contributed by atoms with Crippen LogP contribution >= 0.6 is 0 Å². The number of Topliss-reactive ketones (excluding diaryl/α,β-unsaturated/α-hetero) is 1. The fourth-order valence-electron chi connectivity index (χ4n) is 1.72. The summed E-state index contributed by atoms with van der Waals surface area (Å²) >= 11 is 0. The number of nitrogens with zero attached hydrogens (tertiary/aromatic N) is 1. The summed E-state index contributed by atoms with van der Waals surface area (Å²) in [5.74, 6) is 0.412. The van der Waals surface area contributed by atoms with Gasteiger partial charge in [-0.15, -0.1) is 0 Å². The van der Waals surface area contributed by atoms with E-state index >= 15 is 0 Å². The molecule has 0 bridgehead atoms. The Labute approximate surface area is 97.9 Å². The van der Waals surface area contributed by atoms with E-state index in [0.717, 1.165) is 0 Å². The lowest BCUT2D eigenvalue weighted by Gasteiger charge is -2.19. The number of aliphatic hydroxyl groups is 2. The molecule has 88 valence electrons. The van der Waals surface area contributed by atoms with Crippen molar-refractivity contribution in [1.29, 1.82) is 5.26 Å². The second-order valence-electron chi connectivity index (χ2n) is 3.80. The monoisotopic (exact) mass is 233 g/mol. The molecule has 2 rings (SSSR count). The van der Waals surface area contributed by atoms with Gasteiger partial charge in [-0.25, -0.2) is 0 Å². The van der Waals surface area contributed by atoms with Gasteiger partial charge < -0.3 is 14.9 Å². The third-order valence-corrected chi connectivity index (χ3v) is 2.66. The molecule has 0 aromatic heterocycles. The summed E-state index contributed by atoms with van der Waals surface area (Å²) < 4.78 is 5.29. The summed E-state index contributed by atoms with van der Waals surface area (Å²) in [6, 6.07) is 6.10. The van der Waals surface area contributed by atoms with Gasteiger partial charge in [0.15, 0.2) is 11.9 Å². The van der Waals surface area contributed by atoms with E-state index in [1.165, 1.54) is 12.1 Å². The first-order chi connectivity index (χ1) is 8.13. The second-order valence-corrected chi connectivity index (χ2v) is 3.80. The maximum atomic E-state index is 11.6. The van der Waals surface area contributed by atoms with Gasteiger partial charge in [0.05, 0.1) is 18.2 Å². The van der Waals surface area contributed by atoms with Crippen LogP contribution in [0.4, 0.5) is 0 Å². The van der Waals surface area contributed by atoms with Gasteiger partial charge in [-0.3, -0.25) is 4.79 Å². The molecule has 17 heavy (non-hydrogen) atoms. The minimum absolute atomic E-state index is 0.0632. The minimum Gasteiger partial charge on any atom is -0.492 e. The van der Waals surface area contributed by atoms with Crippen LogP contribution in [0.15, 0.2) is 18.2 Å². The Hall–Kier alpha value is -1.90. The molecule has 0 saturated carbocycles. The number of rotatable bonds is 2. The lowest BCUT2D eigenvalue weighted by atomic mass is 9.98. The predicted molar refractivity (Wildman–Crippen MR) is 57.5 cm³/mol. The standard InChI is InChI=1S/C12H11NO4/c13-6-10(15)12(16)7-1-2-11-8(5-7)9(14)3-4-17-11/h1-2,5,10,12,15-16H,3-4H2. The zero-order valence-electron chi connectivity index (χ0n) is 8.96. The Morgan fingerprint density at radius 3 is 2.88 bits per heavy atom. The highest BCUT2D eigenvalue weighted by molar-refractivity contribution is 5.99. The molecule has 5 heteroatoms. The molecule has 0 aliphatic carbocycles. The first-order valence-electron chi connectivity index (χ1n) is 5.19. The summed E-state index contributed by atoms with van der Waals surface area (Å²) in [5.41, 5.74) is 0.717. The number of carbonyl (C=O) groups excluding carboxylic acids is 1. The van der Waals surface area contributed by atoms with E-state index in [4.69, 9.17) is 10.00 Å². The summed E-state index contributed by atoms with van der Waals surface area (Å²) in [6.45, 7) is 0.356. The molecule has 1 aromatic rings. The SMILES string of the molecule is N#CC(O)C(O)c1ccc2c(c1)C(=O)CCO2. The molecule has 5 nitrogen and oxygen atoms in total. The van der Waals surface area contributed by atoms with Crippen molar-refractivity contribution in [3.05, 3.63) is 29.3 Å². The molecule has 1 aliphatic rings. The first kappa shape index (κ1) is 11.6. The van der Waals surface area contributed by atoms with Crippen LogP contribution in [0.25, 0.3) is 0 Å². The van der Waals surface area contributed by atoms with Crippen LogP contribution in [0.3, 0.4) is 0 Å². The molecule has 1 aliphatic heterocycles. The third-order valence-electron chi connectivity index (χ3n) is 2.66. The topological polar surface area (TPSA) is 90.5 Å². The van der Waals surface area contributed by atoms with Crippen molar-refractivity contribution >= 4 is 5.78 Å². The molecule has 2 atom stereocenters. The highest BCUT2D eigenvalue weighted by Crippen LogP contribution is 2.28. The van der Waals surface area contributed by atoms with E-state index in [0.29, 0.717) is 29.9 Å². The number of hydrogen-bond donors (Lipinski definition) is 2. The Morgan fingerprint density at radius 1 is 1.41 bits per heavy atom. The number of aliphatic hydroxyl groups excluding tert-OH is 2. The van der Waals surface area contributed by atoms with Gasteiger partial charge in [0.25, 0.3) is 0 Å². The lowest BCUT2D eigenvalue weighted by Crippen LogP contribution is -2.19. The van der Waals surface area contributed by atoms with Gasteiger partial charge in [-0.2, -0.15) is 5.26 Å². The largest absolute Gasteiger partial charge is 0.492 e. The molecule has 1 heterocycles. The number of carbonyl (C=O) groups is 1. The average molecular weight is 233 g/mol. The molecule has 0 amide bonds. The van der Waals surface area contributed by atoms with Crippen molar-refractivity contribution in [2.75, 3.05) is 6.61 Å². The van der Waals surface area contributed by atoms with Crippen molar-refractivity contribution in [2.24, 2.45) is 0 Å². The fourth-order valence-corrected chi connectivity index (χ4v) is 1.72. The van der Waals surface area contributed by atoms with Gasteiger partial charge >= 0.3 is 0 Å². The Balaban J connectivity index is 2.36. The van der Waals surface area contributed by atoms with Crippen molar-refractivity contribution < 1.29 is 19.7 Å². The molecular weight excluding hydrogens is 222 g/mol. The summed E-state index contributed by atoms with van der Waals surface area (Å²) in [7, 11) is 0. The maximum absolute atomic E-state index is 11.6. The molecule has 0 radical (unpaired) electrons. The smallest absolute Gasteiger partial charge is 0.170 e. The van der Waals surface area contributed by atoms with Gasteiger partial charge in [0, 0.05) is 6.42 Å². The zero-order chi connectivity index (χ0) is 12.4. The summed E-state index contributed by atoms with van der Waals surface area (Å²) in [5, 5.41) is 27.4. The molecule has 1 aromatic carbocycles. The van der Waals surface area contributed by atoms with E-state index in [9.17, 15) is 15.0 Å². The van der Waals surface area contributed by atoms with Crippen LogP contribution in [0.1, 0.15) is 28.4 Å². The number of ether oxygens (including phenoxy) is 1. The van der Waals surface area contributed by atoms with E-state index in [2.05, 4.69) is 0 Å². The second kappa shape index (κ2) is 4.53. The van der Waals surface area contributed by atoms with Crippen LogP contribution in [-0.2, 0) is 0 Å². The van der Waals surface area contributed by atoms with Crippen molar-refractivity contribution in [2.45, 2.75) is 18.6 Å². The van der Waals surface area contributed by atoms with Crippen LogP contribution < -0.4 is 4.74 Å². The normalized spacial score (nSPS) is 17.6.